The van der Waals surface area contributed by atoms with Crippen LogP contribution in [0.2, 0.25) is 0 Å². The second-order valence-corrected chi connectivity index (χ2v) is 8.73. The first kappa shape index (κ1) is 15.3. The number of carbonyl (C=O) groups is 2. The fourth-order valence-corrected chi connectivity index (χ4v) is 5.50. The molecule has 1 N–H and O–H groups in total. The van der Waals surface area contributed by atoms with Crippen molar-refractivity contribution in [2.24, 2.45) is 0 Å². The number of nitrogens with zero attached hydrogens (tertiary/aromatic N) is 1. The van der Waals surface area contributed by atoms with Crippen molar-refractivity contribution in [3.05, 3.63) is 46.3 Å². The van der Waals surface area contributed by atoms with Crippen molar-refractivity contribution in [2.45, 2.75) is 23.0 Å². The number of benzene rings is 1. The standard InChI is InChI=1S/C16H14N2O4S2/c1-18-14(19)11-3-2-4-12(13(11)15(18)20)17-24(21,22)16-10(7-8-23-16)9-5-6-9/h2-4,7-9,17H,5-6H2,1H3. The van der Waals surface area contributed by atoms with E-state index in [2.05, 4.69) is 4.72 Å². The molecule has 1 aliphatic heterocycles. The Hall–Kier alpha value is -2.19. The summed E-state index contributed by atoms with van der Waals surface area (Å²) in [5.74, 6) is -0.619. The van der Waals surface area contributed by atoms with Gasteiger partial charge in [0.05, 0.1) is 16.8 Å². The maximum absolute atomic E-state index is 12.8. The van der Waals surface area contributed by atoms with Gasteiger partial charge in [0.2, 0.25) is 0 Å². The number of rotatable bonds is 4. The Labute approximate surface area is 143 Å². The number of amides is 2. The van der Waals surface area contributed by atoms with Crippen LogP contribution in [0, 0.1) is 0 Å². The molecule has 0 spiro atoms. The minimum Gasteiger partial charge on any atom is -0.278 e. The van der Waals surface area contributed by atoms with Gasteiger partial charge < -0.3 is 0 Å². The molecule has 1 aliphatic carbocycles. The van der Waals surface area contributed by atoms with Crippen LogP contribution in [0.15, 0.2) is 33.9 Å². The number of carbonyl (C=O) groups excluding carboxylic acids is 2. The van der Waals surface area contributed by atoms with Crippen molar-refractivity contribution < 1.29 is 18.0 Å². The molecule has 2 aromatic rings. The Morgan fingerprint density at radius 1 is 1.17 bits per heavy atom. The zero-order valence-electron chi connectivity index (χ0n) is 12.8. The van der Waals surface area contributed by atoms with Crippen LogP contribution in [0.1, 0.15) is 45.0 Å². The monoisotopic (exact) mass is 362 g/mol. The molecular formula is C16H14N2O4S2. The summed E-state index contributed by atoms with van der Waals surface area (Å²) in [6, 6.07) is 6.44. The minimum absolute atomic E-state index is 0.109. The summed E-state index contributed by atoms with van der Waals surface area (Å²) in [5.41, 5.74) is 1.30. The summed E-state index contributed by atoms with van der Waals surface area (Å²) in [6.07, 6.45) is 2.00. The molecule has 0 radical (unpaired) electrons. The van der Waals surface area contributed by atoms with Gasteiger partial charge in [-0.15, -0.1) is 11.3 Å². The number of fused-ring (bicyclic) bond motifs is 1. The topological polar surface area (TPSA) is 83.6 Å². The predicted molar refractivity (Wildman–Crippen MR) is 90.0 cm³/mol. The molecule has 0 atom stereocenters. The summed E-state index contributed by atoms with van der Waals surface area (Å²) in [7, 11) is -2.42. The van der Waals surface area contributed by atoms with Gasteiger partial charge in [0.25, 0.3) is 21.8 Å². The maximum Gasteiger partial charge on any atom is 0.271 e. The van der Waals surface area contributed by atoms with E-state index in [1.165, 1.54) is 30.5 Å². The highest BCUT2D eigenvalue weighted by atomic mass is 32.2. The summed E-state index contributed by atoms with van der Waals surface area (Å²) in [4.78, 5) is 25.3. The lowest BCUT2D eigenvalue weighted by Gasteiger charge is -2.11. The molecule has 1 fully saturated rings. The quantitative estimate of drug-likeness (QED) is 0.848. The zero-order valence-corrected chi connectivity index (χ0v) is 14.4. The van der Waals surface area contributed by atoms with Gasteiger partial charge in [0, 0.05) is 7.05 Å². The normalized spacial score (nSPS) is 17.3. The van der Waals surface area contributed by atoms with Crippen LogP contribution >= 0.6 is 11.3 Å². The fourth-order valence-electron chi connectivity index (χ4n) is 2.90. The molecule has 2 amide bonds. The Balaban J connectivity index is 1.76. The van der Waals surface area contributed by atoms with E-state index in [1.54, 1.807) is 11.4 Å². The van der Waals surface area contributed by atoms with Gasteiger partial charge in [-0.1, -0.05) is 6.07 Å². The molecule has 0 bridgehead atoms. The largest absolute Gasteiger partial charge is 0.278 e. The van der Waals surface area contributed by atoms with Crippen LogP contribution in [-0.2, 0) is 10.0 Å². The van der Waals surface area contributed by atoms with Crippen molar-refractivity contribution in [2.75, 3.05) is 11.8 Å². The Kier molecular flexibility index (Phi) is 3.29. The minimum atomic E-state index is -3.80. The van der Waals surface area contributed by atoms with Crippen LogP contribution in [0.5, 0.6) is 0 Å². The molecule has 124 valence electrons. The fraction of sp³-hybridized carbons (Fsp3) is 0.250. The van der Waals surface area contributed by atoms with Gasteiger partial charge in [0.15, 0.2) is 0 Å². The van der Waals surface area contributed by atoms with Crippen LogP contribution < -0.4 is 4.72 Å². The number of sulfonamides is 1. The summed E-state index contributed by atoms with van der Waals surface area (Å²) in [5, 5.41) is 1.76. The third-order valence-corrected chi connectivity index (χ3v) is 7.16. The molecule has 8 heteroatoms. The third-order valence-electron chi connectivity index (χ3n) is 4.28. The molecule has 6 nitrogen and oxygen atoms in total. The predicted octanol–water partition coefficient (Wildman–Crippen LogP) is 2.65. The second-order valence-electron chi connectivity index (χ2n) is 5.94. The molecule has 2 aliphatic rings. The van der Waals surface area contributed by atoms with E-state index in [0.29, 0.717) is 5.92 Å². The van der Waals surface area contributed by atoms with Crippen molar-refractivity contribution >= 4 is 38.9 Å². The number of nitrogens with one attached hydrogen (secondary N) is 1. The van der Waals surface area contributed by atoms with Crippen LogP contribution in [0.25, 0.3) is 0 Å². The van der Waals surface area contributed by atoms with Crippen molar-refractivity contribution in [3.63, 3.8) is 0 Å². The number of hydrogen-bond donors (Lipinski definition) is 1. The molecule has 4 rings (SSSR count). The highest BCUT2D eigenvalue weighted by Gasteiger charge is 2.37. The van der Waals surface area contributed by atoms with E-state index in [-0.39, 0.29) is 21.0 Å². The first-order chi connectivity index (χ1) is 11.4. The van der Waals surface area contributed by atoms with E-state index < -0.39 is 21.8 Å². The van der Waals surface area contributed by atoms with Gasteiger partial charge >= 0.3 is 0 Å². The Morgan fingerprint density at radius 2 is 1.92 bits per heavy atom. The molecule has 2 heterocycles. The lowest BCUT2D eigenvalue weighted by atomic mass is 10.1. The van der Waals surface area contributed by atoms with Crippen LogP contribution in [-0.4, -0.2) is 32.2 Å². The van der Waals surface area contributed by atoms with E-state index in [4.69, 9.17) is 0 Å². The average molecular weight is 362 g/mol. The van der Waals surface area contributed by atoms with E-state index in [1.807, 2.05) is 6.07 Å². The molecular weight excluding hydrogens is 348 g/mol. The third kappa shape index (κ3) is 2.25. The zero-order chi connectivity index (χ0) is 17.1. The summed E-state index contributed by atoms with van der Waals surface area (Å²) < 4.78 is 28.3. The lowest BCUT2D eigenvalue weighted by molar-refractivity contribution is 0.0693. The average Bonchev–Trinajstić information content (AvgIpc) is 3.22. The summed E-state index contributed by atoms with van der Waals surface area (Å²) >= 11 is 1.17. The van der Waals surface area contributed by atoms with Gasteiger partial charge in [-0.3, -0.25) is 19.2 Å². The number of thiophene rings is 1. The molecule has 0 saturated heterocycles. The molecule has 1 saturated carbocycles. The van der Waals surface area contributed by atoms with Gasteiger partial charge in [0.1, 0.15) is 4.21 Å². The van der Waals surface area contributed by atoms with E-state index in [9.17, 15) is 18.0 Å². The smallest absolute Gasteiger partial charge is 0.271 e. The Bertz CT molecular complexity index is 974. The lowest BCUT2D eigenvalue weighted by Crippen LogP contribution is -2.24. The highest BCUT2D eigenvalue weighted by Crippen LogP contribution is 2.45. The second kappa shape index (κ2) is 5.15. The maximum atomic E-state index is 12.8. The van der Waals surface area contributed by atoms with Gasteiger partial charge in [-0.25, -0.2) is 8.42 Å². The molecule has 24 heavy (non-hydrogen) atoms. The van der Waals surface area contributed by atoms with Gasteiger partial charge in [-0.05, 0) is 47.9 Å². The summed E-state index contributed by atoms with van der Waals surface area (Å²) in [6.45, 7) is 0. The first-order valence-electron chi connectivity index (χ1n) is 7.46. The van der Waals surface area contributed by atoms with Crippen LogP contribution in [0.4, 0.5) is 5.69 Å². The molecule has 1 aromatic carbocycles. The van der Waals surface area contributed by atoms with Crippen LogP contribution in [0.3, 0.4) is 0 Å². The number of imide groups is 1. The Morgan fingerprint density at radius 3 is 2.62 bits per heavy atom. The highest BCUT2D eigenvalue weighted by molar-refractivity contribution is 7.94. The van der Waals surface area contributed by atoms with Crippen molar-refractivity contribution in [1.82, 2.24) is 4.90 Å². The van der Waals surface area contributed by atoms with E-state index in [0.717, 1.165) is 23.3 Å². The van der Waals surface area contributed by atoms with Gasteiger partial charge in [-0.2, -0.15) is 0 Å². The molecule has 0 unspecified atom stereocenters. The molecule has 1 aromatic heterocycles. The van der Waals surface area contributed by atoms with E-state index >= 15 is 0 Å². The number of anilines is 1. The van der Waals surface area contributed by atoms with Crippen molar-refractivity contribution in [1.29, 1.82) is 0 Å². The SMILES string of the molecule is CN1C(=O)c2cccc(NS(=O)(=O)c3sccc3C3CC3)c2C1=O. The van der Waals surface area contributed by atoms with Crippen molar-refractivity contribution in [3.8, 4) is 0 Å². The first-order valence-corrected chi connectivity index (χ1v) is 9.82. The number of hydrogen-bond acceptors (Lipinski definition) is 5.